The molecule has 2 amide bonds. The van der Waals surface area contributed by atoms with Crippen LogP contribution in [-0.4, -0.2) is 25.0 Å². The Labute approximate surface area is 147 Å². The lowest BCUT2D eigenvalue weighted by Crippen LogP contribution is -2.34. The Bertz CT molecular complexity index is 656. The van der Waals surface area contributed by atoms with Crippen molar-refractivity contribution < 1.29 is 14.3 Å². The Hall–Kier alpha value is -1.75. The number of hydrogen-bond acceptors (Lipinski definition) is 3. The van der Waals surface area contributed by atoms with Crippen LogP contribution < -0.4 is 15.4 Å². The van der Waals surface area contributed by atoms with Gasteiger partial charge in [-0.2, -0.15) is 0 Å². The number of benzene rings is 1. The number of ether oxygens (including phenoxy) is 1. The topological polar surface area (TPSA) is 67.4 Å². The molecule has 0 aliphatic heterocycles. The van der Waals surface area contributed by atoms with Crippen molar-refractivity contribution >= 4 is 29.1 Å². The maximum Gasteiger partial charge on any atom is 0.228 e. The first-order chi connectivity index (χ1) is 11.5. The standard InChI is InChI=1S/C18H23ClN2O3/c1-10-7-15(16(24-2)9-14(10)19)21-18(23)13-8-12(13)17(22)20-11-5-3-4-6-11/h7,9,11-13H,3-6,8H2,1-2H3,(H,20,22)(H,21,23). The first kappa shape index (κ1) is 17.1. The van der Waals surface area contributed by atoms with Gasteiger partial charge < -0.3 is 15.4 Å². The molecule has 1 aromatic carbocycles. The lowest BCUT2D eigenvalue weighted by molar-refractivity contribution is -0.125. The lowest BCUT2D eigenvalue weighted by Gasteiger charge is -2.13. The number of rotatable bonds is 5. The van der Waals surface area contributed by atoms with Crippen LogP contribution in [0.3, 0.4) is 0 Å². The van der Waals surface area contributed by atoms with E-state index in [0.29, 0.717) is 28.9 Å². The molecule has 0 spiro atoms. The maximum atomic E-state index is 12.4. The molecule has 0 heterocycles. The Morgan fingerprint density at radius 2 is 1.83 bits per heavy atom. The second kappa shape index (κ2) is 7.01. The highest BCUT2D eigenvalue weighted by molar-refractivity contribution is 6.31. The van der Waals surface area contributed by atoms with Crippen LogP contribution in [0, 0.1) is 18.8 Å². The van der Waals surface area contributed by atoms with E-state index in [1.54, 1.807) is 12.1 Å². The zero-order valence-electron chi connectivity index (χ0n) is 14.0. The molecule has 0 radical (unpaired) electrons. The molecule has 24 heavy (non-hydrogen) atoms. The van der Waals surface area contributed by atoms with Crippen molar-refractivity contribution in [3.05, 3.63) is 22.7 Å². The number of nitrogens with one attached hydrogen (secondary N) is 2. The van der Waals surface area contributed by atoms with Crippen molar-refractivity contribution in [2.45, 2.75) is 45.1 Å². The van der Waals surface area contributed by atoms with Crippen LogP contribution in [-0.2, 0) is 9.59 Å². The average Bonchev–Trinajstić information content (AvgIpc) is 3.21. The second-order valence-corrected chi connectivity index (χ2v) is 7.14. The Kier molecular flexibility index (Phi) is 4.99. The Morgan fingerprint density at radius 3 is 2.50 bits per heavy atom. The summed E-state index contributed by atoms with van der Waals surface area (Å²) in [7, 11) is 1.53. The number of hydrogen-bond donors (Lipinski definition) is 2. The fourth-order valence-electron chi connectivity index (χ4n) is 3.31. The number of aryl methyl sites for hydroxylation is 1. The van der Waals surface area contributed by atoms with E-state index in [1.165, 1.54) is 20.0 Å². The number of carbonyl (C=O) groups excluding carboxylic acids is 2. The van der Waals surface area contributed by atoms with E-state index < -0.39 is 0 Å². The third kappa shape index (κ3) is 3.66. The van der Waals surface area contributed by atoms with E-state index >= 15 is 0 Å². The van der Waals surface area contributed by atoms with E-state index in [2.05, 4.69) is 10.6 Å². The predicted octanol–water partition coefficient (Wildman–Crippen LogP) is 3.29. The van der Waals surface area contributed by atoms with E-state index in [9.17, 15) is 9.59 Å². The molecule has 0 saturated heterocycles. The molecule has 2 atom stereocenters. The zero-order chi connectivity index (χ0) is 17.3. The molecule has 3 rings (SSSR count). The zero-order valence-corrected chi connectivity index (χ0v) is 14.8. The minimum absolute atomic E-state index is 0.0151. The monoisotopic (exact) mass is 350 g/mol. The number of halogens is 1. The molecule has 2 saturated carbocycles. The van der Waals surface area contributed by atoms with Gasteiger partial charge in [-0.1, -0.05) is 24.4 Å². The summed E-state index contributed by atoms with van der Waals surface area (Å²) in [6, 6.07) is 3.76. The summed E-state index contributed by atoms with van der Waals surface area (Å²) < 4.78 is 5.27. The molecule has 2 aliphatic carbocycles. The summed E-state index contributed by atoms with van der Waals surface area (Å²) in [4.78, 5) is 24.6. The molecule has 2 N–H and O–H groups in total. The quantitative estimate of drug-likeness (QED) is 0.856. The van der Waals surface area contributed by atoms with Gasteiger partial charge >= 0.3 is 0 Å². The third-order valence-corrected chi connectivity index (χ3v) is 5.31. The molecule has 5 nitrogen and oxygen atoms in total. The van der Waals surface area contributed by atoms with Gasteiger partial charge in [0.15, 0.2) is 0 Å². The van der Waals surface area contributed by atoms with Crippen molar-refractivity contribution in [1.29, 1.82) is 0 Å². The van der Waals surface area contributed by atoms with Crippen LogP contribution in [0.15, 0.2) is 12.1 Å². The summed E-state index contributed by atoms with van der Waals surface area (Å²) in [5.74, 6) is -0.0634. The van der Waals surface area contributed by atoms with Crippen LogP contribution in [0.5, 0.6) is 5.75 Å². The molecule has 6 heteroatoms. The summed E-state index contributed by atoms with van der Waals surface area (Å²) in [5, 5.41) is 6.52. The molecule has 1 aromatic rings. The fraction of sp³-hybridized carbons (Fsp3) is 0.556. The second-order valence-electron chi connectivity index (χ2n) is 6.73. The predicted molar refractivity (Wildman–Crippen MR) is 93.4 cm³/mol. The van der Waals surface area contributed by atoms with E-state index in [-0.39, 0.29) is 23.7 Å². The van der Waals surface area contributed by atoms with Crippen LogP contribution in [0.25, 0.3) is 0 Å². The first-order valence-corrected chi connectivity index (χ1v) is 8.82. The van der Waals surface area contributed by atoms with Crippen molar-refractivity contribution in [2.24, 2.45) is 11.8 Å². The molecule has 2 aliphatic rings. The van der Waals surface area contributed by atoms with E-state index in [4.69, 9.17) is 16.3 Å². The van der Waals surface area contributed by atoms with Crippen molar-refractivity contribution in [3.63, 3.8) is 0 Å². The van der Waals surface area contributed by atoms with Crippen LogP contribution in [0.4, 0.5) is 5.69 Å². The van der Waals surface area contributed by atoms with Gasteiger partial charge in [-0.05, 0) is 37.8 Å². The molecule has 0 aromatic heterocycles. The van der Waals surface area contributed by atoms with Gasteiger partial charge in [-0.3, -0.25) is 9.59 Å². The van der Waals surface area contributed by atoms with Crippen molar-refractivity contribution in [3.8, 4) is 5.75 Å². The summed E-state index contributed by atoms with van der Waals surface area (Å²) >= 11 is 6.08. The summed E-state index contributed by atoms with van der Waals surface area (Å²) in [6.45, 7) is 1.87. The third-order valence-electron chi connectivity index (χ3n) is 4.90. The van der Waals surface area contributed by atoms with Gasteiger partial charge in [-0.25, -0.2) is 0 Å². The van der Waals surface area contributed by atoms with Crippen molar-refractivity contribution in [1.82, 2.24) is 5.32 Å². The fourth-order valence-corrected chi connectivity index (χ4v) is 3.46. The highest BCUT2D eigenvalue weighted by Gasteiger charge is 2.48. The molecular formula is C18H23ClN2O3. The number of carbonyl (C=O) groups is 2. The molecule has 0 bridgehead atoms. The summed E-state index contributed by atoms with van der Waals surface area (Å²) in [5.41, 5.74) is 1.45. The molecule has 130 valence electrons. The number of methoxy groups -OCH3 is 1. The van der Waals surface area contributed by atoms with Gasteiger partial charge in [0, 0.05) is 17.1 Å². The van der Waals surface area contributed by atoms with Crippen LogP contribution in [0.2, 0.25) is 5.02 Å². The van der Waals surface area contributed by atoms with Crippen LogP contribution >= 0.6 is 11.6 Å². The summed E-state index contributed by atoms with van der Waals surface area (Å²) in [6.07, 6.45) is 5.07. The van der Waals surface area contributed by atoms with Gasteiger partial charge in [0.05, 0.1) is 24.6 Å². The highest BCUT2D eigenvalue weighted by Crippen LogP contribution is 2.41. The maximum absolute atomic E-state index is 12.4. The van der Waals surface area contributed by atoms with E-state index in [1.807, 2.05) is 6.92 Å². The molecular weight excluding hydrogens is 328 g/mol. The normalized spacial score (nSPS) is 23.0. The Morgan fingerprint density at radius 1 is 1.17 bits per heavy atom. The van der Waals surface area contributed by atoms with Gasteiger partial charge in [0.2, 0.25) is 11.8 Å². The van der Waals surface area contributed by atoms with Gasteiger partial charge in [0.25, 0.3) is 0 Å². The first-order valence-electron chi connectivity index (χ1n) is 8.45. The number of anilines is 1. The lowest BCUT2D eigenvalue weighted by atomic mass is 10.2. The smallest absolute Gasteiger partial charge is 0.228 e. The minimum Gasteiger partial charge on any atom is -0.495 e. The molecule has 2 fully saturated rings. The van der Waals surface area contributed by atoms with E-state index in [0.717, 1.165) is 18.4 Å². The largest absolute Gasteiger partial charge is 0.495 e. The molecule has 2 unspecified atom stereocenters. The van der Waals surface area contributed by atoms with Crippen molar-refractivity contribution in [2.75, 3.05) is 12.4 Å². The number of amides is 2. The highest BCUT2D eigenvalue weighted by atomic mass is 35.5. The Balaban J connectivity index is 1.58. The average molecular weight is 351 g/mol. The SMILES string of the molecule is COc1cc(Cl)c(C)cc1NC(=O)C1CC1C(=O)NC1CCCC1. The van der Waals surface area contributed by atoms with Gasteiger partial charge in [-0.15, -0.1) is 0 Å². The minimum atomic E-state index is -0.257. The van der Waals surface area contributed by atoms with Gasteiger partial charge in [0.1, 0.15) is 5.75 Å². The van der Waals surface area contributed by atoms with Crippen LogP contribution in [0.1, 0.15) is 37.7 Å².